The maximum atomic E-state index is 12.9. The molecule has 0 spiro atoms. The second-order valence-electron chi connectivity index (χ2n) is 8.08. The van der Waals surface area contributed by atoms with Gasteiger partial charge in [-0.05, 0) is 30.0 Å². The molecule has 3 aromatic carbocycles. The van der Waals surface area contributed by atoms with Gasteiger partial charge in [0.1, 0.15) is 11.5 Å². The number of aromatic nitrogens is 1. The molecule has 3 N–H and O–H groups in total. The lowest BCUT2D eigenvalue weighted by atomic mass is 9.91. The van der Waals surface area contributed by atoms with Crippen LogP contribution in [0.5, 0.6) is 11.5 Å². The highest BCUT2D eigenvalue weighted by atomic mass is 35.5. The third-order valence-corrected chi connectivity index (χ3v) is 6.77. The molecule has 1 fully saturated rings. The number of nitrogens with two attached hydrogens (primary N) is 1. The van der Waals surface area contributed by atoms with Crippen LogP contribution in [-0.4, -0.2) is 25.7 Å². The lowest BCUT2D eigenvalue weighted by molar-refractivity contribution is 0.417. The van der Waals surface area contributed by atoms with E-state index in [1.165, 1.54) is 5.56 Å². The van der Waals surface area contributed by atoms with E-state index in [9.17, 15) is 4.79 Å². The normalized spacial score (nSPS) is 14.7. The first-order valence-corrected chi connectivity index (χ1v) is 10.6. The van der Waals surface area contributed by atoms with Crippen LogP contribution in [0.25, 0.3) is 32.8 Å². The molecule has 1 aliphatic rings. The summed E-state index contributed by atoms with van der Waals surface area (Å²) in [5.74, 6) is 1.15. The highest BCUT2D eigenvalue weighted by Crippen LogP contribution is 2.48. The van der Waals surface area contributed by atoms with Crippen molar-refractivity contribution in [2.24, 2.45) is 5.73 Å². The molecular weight excluding hydrogens is 412 g/mol. The largest absolute Gasteiger partial charge is 0.496 e. The number of fused-ring (bicyclic) bond motifs is 3. The van der Waals surface area contributed by atoms with Crippen molar-refractivity contribution in [3.8, 4) is 22.6 Å². The molecule has 0 atom stereocenters. The van der Waals surface area contributed by atoms with Crippen molar-refractivity contribution in [2.45, 2.75) is 18.3 Å². The van der Waals surface area contributed by atoms with Gasteiger partial charge in [0.15, 0.2) is 0 Å². The first-order valence-electron chi connectivity index (χ1n) is 10.2. The van der Waals surface area contributed by atoms with Crippen LogP contribution in [0.4, 0.5) is 0 Å². The van der Waals surface area contributed by atoms with E-state index in [1.807, 2.05) is 12.1 Å². The summed E-state index contributed by atoms with van der Waals surface area (Å²) in [5, 5.41) is 2.50. The van der Waals surface area contributed by atoms with Gasteiger partial charge in [-0.25, -0.2) is 0 Å². The van der Waals surface area contributed by atoms with Gasteiger partial charge in [-0.2, -0.15) is 0 Å². The molecule has 6 heteroatoms. The van der Waals surface area contributed by atoms with Crippen LogP contribution in [0, 0.1) is 0 Å². The molecule has 0 amide bonds. The number of benzene rings is 3. The van der Waals surface area contributed by atoms with Crippen molar-refractivity contribution in [3.63, 3.8) is 0 Å². The van der Waals surface area contributed by atoms with Gasteiger partial charge < -0.3 is 20.2 Å². The predicted octanol–water partition coefficient (Wildman–Crippen LogP) is 5.01. The molecule has 5 nitrogen and oxygen atoms in total. The van der Waals surface area contributed by atoms with Gasteiger partial charge in [0.05, 0.1) is 30.1 Å². The number of rotatable bonds is 5. The number of methoxy groups -OCH3 is 2. The standard InChI is InChI=1S/C25H23ClN2O3/c1-30-18-5-3-4-16-21(18)24(29)28-23-17(26)12-19(31-2)20(22(16)23)14-6-8-15(9-7-14)25(13-27)10-11-25/h3-9,12H,10-11,13,27H2,1-2H3,(H,28,29). The molecule has 4 aromatic rings. The van der Waals surface area contributed by atoms with Crippen LogP contribution in [0.1, 0.15) is 18.4 Å². The zero-order chi connectivity index (χ0) is 21.8. The molecule has 0 unspecified atom stereocenters. The molecule has 158 valence electrons. The van der Waals surface area contributed by atoms with Gasteiger partial charge in [-0.3, -0.25) is 4.79 Å². The van der Waals surface area contributed by atoms with Crippen LogP contribution in [0.3, 0.4) is 0 Å². The topological polar surface area (TPSA) is 77.3 Å². The zero-order valence-corrected chi connectivity index (χ0v) is 18.2. The molecule has 31 heavy (non-hydrogen) atoms. The summed E-state index contributed by atoms with van der Waals surface area (Å²) in [5.41, 5.74) is 9.58. The lowest BCUT2D eigenvalue weighted by Gasteiger charge is -2.18. The molecule has 1 aromatic heterocycles. The van der Waals surface area contributed by atoms with E-state index >= 15 is 0 Å². The van der Waals surface area contributed by atoms with Crippen LogP contribution < -0.4 is 20.8 Å². The van der Waals surface area contributed by atoms with Crippen molar-refractivity contribution >= 4 is 33.3 Å². The highest BCUT2D eigenvalue weighted by Gasteiger charge is 2.42. The fourth-order valence-electron chi connectivity index (χ4n) is 4.54. The fraction of sp³-hybridized carbons (Fsp3) is 0.240. The molecule has 5 rings (SSSR count). The first kappa shape index (κ1) is 19.9. The molecule has 1 heterocycles. The summed E-state index contributed by atoms with van der Waals surface area (Å²) >= 11 is 6.56. The maximum absolute atomic E-state index is 12.9. The van der Waals surface area contributed by atoms with Crippen molar-refractivity contribution in [1.29, 1.82) is 0 Å². The van der Waals surface area contributed by atoms with Gasteiger partial charge in [0, 0.05) is 34.4 Å². The van der Waals surface area contributed by atoms with Crippen molar-refractivity contribution < 1.29 is 9.47 Å². The molecular formula is C25H23ClN2O3. The van der Waals surface area contributed by atoms with Crippen LogP contribution >= 0.6 is 11.6 Å². The van der Waals surface area contributed by atoms with E-state index < -0.39 is 0 Å². The second kappa shape index (κ2) is 7.29. The Kier molecular flexibility index (Phi) is 4.68. The van der Waals surface area contributed by atoms with E-state index in [1.54, 1.807) is 26.4 Å². The minimum Gasteiger partial charge on any atom is -0.496 e. The van der Waals surface area contributed by atoms with Crippen LogP contribution in [0.2, 0.25) is 5.02 Å². The minimum atomic E-state index is -0.244. The Morgan fingerprint density at radius 3 is 2.35 bits per heavy atom. The average molecular weight is 435 g/mol. The second-order valence-corrected chi connectivity index (χ2v) is 8.49. The van der Waals surface area contributed by atoms with Gasteiger partial charge in [-0.1, -0.05) is 48.0 Å². The van der Waals surface area contributed by atoms with Crippen LogP contribution in [-0.2, 0) is 5.41 Å². The van der Waals surface area contributed by atoms with E-state index in [4.69, 9.17) is 26.8 Å². The number of aromatic amines is 1. The maximum Gasteiger partial charge on any atom is 0.260 e. The van der Waals surface area contributed by atoms with E-state index in [-0.39, 0.29) is 11.0 Å². The molecule has 0 radical (unpaired) electrons. The van der Waals surface area contributed by atoms with Gasteiger partial charge >= 0.3 is 0 Å². The lowest BCUT2D eigenvalue weighted by Crippen LogP contribution is -2.19. The number of hydrogen-bond donors (Lipinski definition) is 2. The molecule has 0 aliphatic heterocycles. The van der Waals surface area contributed by atoms with Gasteiger partial charge in [0.25, 0.3) is 5.56 Å². The van der Waals surface area contributed by atoms with Crippen molar-refractivity contribution in [2.75, 3.05) is 20.8 Å². The Labute approximate surface area is 184 Å². The smallest absolute Gasteiger partial charge is 0.260 e. The molecule has 1 saturated carbocycles. The Morgan fingerprint density at radius 1 is 1.03 bits per heavy atom. The summed E-state index contributed by atoms with van der Waals surface area (Å²) in [7, 11) is 3.18. The zero-order valence-electron chi connectivity index (χ0n) is 17.4. The van der Waals surface area contributed by atoms with Gasteiger partial charge in [0.2, 0.25) is 0 Å². The number of halogens is 1. The van der Waals surface area contributed by atoms with Gasteiger partial charge in [-0.15, -0.1) is 0 Å². The quantitative estimate of drug-likeness (QED) is 0.433. The fourth-order valence-corrected chi connectivity index (χ4v) is 4.78. The first-order chi connectivity index (χ1) is 15.0. The number of ether oxygens (including phenoxy) is 2. The average Bonchev–Trinajstić information content (AvgIpc) is 3.60. The summed E-state index contributed by atoms with van der Waals surface area (Å²) in [4.78, 5) is 15.8. The number of pyridine rings is 1. The Balaban J connectivity index is 1.86. The third-order valence-electron chi connectivity index (χ3n) is 6.47. The van der Waals surface area contributed by atoms with E-state index in [0.717, 1.165) is 34.7 Å². The third kappa shape index (κ3) is 2.99. The SMILES string of the molecule is COc1cc(Cl)c2[nH]c(=O)c3c(OC)cccc3c2c1-c1ccc(C2(CN)CC2)cc1. The summed E-state index contributed by atoms with van der Waals surface area (Å²) < 4.78 is 11.2. The highest BCUT2D eigenvalue weighted by molar-refractivity contribution is 6.37. The monoisotopic (exact) mass is 434 g/mol. The predicted molar refractivity (Wildman–Crippen MR) is 126 cm³/mol. The Morgan fingerprint density at radius 2 is 1.74 bits per heavy atom. The molecule has 0 bridgehead atoms. The Bertz CT molecular complexity index is 1370. The number of hydrogen-bond acceptors (Lipinski definition) is 4. The summed E-state index contributed by atoms with van der Waals surface area (Å²) in [6.45, 7) is 0.658. The summed E-state index contributed by atoms with van der Waals surface area (Å²) in [6.07, 6.45) is 2.25. The molecule has 1 aliphatic carbocycles. The number of H-pyrrole nitrogens is 1. The molecule has 0 saturated heterocycles. The summed E-state index contributed by atoms with van der Waals surface area (Å²) in [6, 6.07) is 15.8. The van der Waals surface area contributed by atoms with E-state index in [0.29, 0.717) is 34.0 Å². The van der Waals surface area contributed by atoms with Crippen molar-refractivity contribution in [3.05, 3.63) is 69.5 Å². The van der Waals surface area contributed by atoms with Crippen LogP contribution in [0.15, 0.2) is 53.3 Å². The van der Waals surface area contributed by atoms with E-state index in [2.05, 4.69) is 29.2 Å². The minimum absolute atomic E-state index is 0.121. The Hall–Kier alpha value is -3.02. The number of nitrogens with one attached hydrogen (secondary N) is 1. The van der Waals surface area contributed by atoms with Crippen molar-refractivity contribution in [1.82, 2.24) is 4.98 Å².